The molecule has 1 aromatic rings. The minimum Gasteiger partial charge on any atom is -0.481 e. The Labute approximate surface area is 117 Å². The maximum absolute atomic E-state index is 13.7. The molecule has 1 aliphatic rings. The van der Waals surface area contributed by atoms with Gasteiger partial charge in [-0.15, -0.1) is 0 Å². The molecule has 0 aromatic heterocycles. The van der Waals surface area contributed by atoms with Crippen molar-refractivity contribution in [3.8, 4) is 0 Å². The highest BCUT2D eigenvalue weighted by molar-refractivity contribution is 7.89. The Morgan fingerprint density at radius 2 is 2.05 bits per heavy atom. The number of rotatable bonds is 3. The fourth-order valence-corrected chi connectivity index (χ4v) is 4.10. The molecule has 20 heavy (non-hydrogen) atoms. The number of sulfonamides is 1. The summed E-state index contributed by atoms with van der Waals surface area (Å²) in [7, 11) is -4.00. The van der Waals surface area contributed by atoms with Crippen molar-refractivity contribution in [2.45, 2.75) is 18.7 Å². The van der Waals surface area contributed by atoms with Gasteiger partial charge in [0.1, 0.15) is 10.7 Å². The van der Waals surface area contributed by atoms with Crippen LogP contribution < -0.4 is 0 Å². The Morgan fingerprint density at radius 3 is 2.60 bits per heavy atom. The van der Waals surface area contributed by atoms with Crippen LogP contribution in [0.2, 0.25) is 0 Å². The van der Waals surface area contributed by atoms with Crippen LogP contribution in [0.1, 0.15) is 12.5 Å². The van der Waals surface area contributed by atoms with Gasteiger partial charge in [-0.05, 0) is 30.5 Å². The van der Waals surface area contributed by atoms with Crippen LogP contribution in [0.15, 0.2) is 23.1 Å². The summed E-state index contributed by atoms with van der Waals surface area (Å²) >= 11 is 0. The number of carboxylic acids is 1. The van der Waals surface area contributed by atoms with E-state index in [1.807, 2.05) is 0 Å². The van der Waals surface area contributed by atoms with Crippen LogP contribution in [0.3, 0.4) is 0 Å². The van der Waals surface area contributed by atoms with Gasteiger partial charge in [-0.1, -0.05) is 13.0 Å². The molecule has 5 nitrogen and oxygen atoms in total. The van der Waals surface area contributed by atoms with E-state index < -0.39 is 32.6 Å². The highest BCUT2D eigenvalue weighted by Crippen LogP contribution is 2.29. The largest absolute Gasteiger partial charge is 0.481 e. The number of aryl methyl sites for hydroxylation is 1. The molecule has 0 radical (unpaired) electrons. The number of hydrogen-bond donors (Lipinski definition) is 1. The second-order valence-corrected chi connectivity index (χ2v) is 7.08. The molecule has 2 atom stereocenters. The molecular weight excluding hydrogens is 285 g/mol. The monoisotopic (exact) mass is 301 g/mol. The Bertz CT molecular complexity index is 644. The van der Waals surface area contributed by atoms with Crippen LogP contribution in [0.25, 0.3) is 0 Å². The van der Waals surface area contributed by atoms with E-state index in [4.69, 9.17) is 5.11 Å². The number of carboxylic acid groups (broad SMARTS) is 1. The highest BCUT2D eigenvalue weighted by atomic mass is 32.2. The molecule has 0 saturated carbocycles. The number of halogens is 1. The van der Waals surface area contributed by atoms with Crippen LogP contribution in [0, 0.1) is 24.6 Å². The van der Waals surface area contributed by atoms with Gasteiger partial charge in [0, 0.05) is 13.1 Å². The second kappa shape index (κ2) is 5.14. The first kappa shape index (κ1) is 14.9. The third-order valence-electron chi connectivity index (χ3n) is 3.60. The lowest BCUT2D eigenvalue weighted by molar-refractivity contribution is -0.142. The van der Waals surface area contributed by atoms with Gasteiger partial charge in [0.05, 0.1) is 5.92 Å². The lowest BCUT2D eigenvalue weighted by Gasteiger charge is -2.16. The van der Waals surface area contributed by atoms with E-state index in [1.54, 1.807) is 13.8 Å². The predicted octanol–water partition coefficient (Wildman–Crippen LogP) is 1.48. The van der Waals surface area contributed by atoms with E-state index in [2.05, 4.69) is 0 Å². The van der Waals surface area contributed by atoms with Crippen LogP contribution in [0.5, 0.6) is 0 Å². The van der Waals surface area contributed by atoms with Gasteiger partial charge in [0.2, 0.25) is 10.0 Å². The average Bonchev–Trinajstić information content (AvgIpc) is 2.75. The maximum atomic E-state index is 13.7. The van der Waals surface area contributed by atoms with Gasteiger partial charge in [-0.25, -0.2) is 12.8 Å². The van der Waals surface area contributed by atoms with Crippen molar-refractivity contribution in [2.75, 3.05) is 13.1 Å². The number of hydrogen-bond acceptors (Lipinski definition) is 3. The summed E-state index contributed by atoms with van der Waals surface area (Å²) in [6, 6.07) is 3.86. The Balaban J connectivity index is 2.37. The van der Waals surface area contributed by atoms with Gasteiger partial charge >= 0.3 is 5.97 Å². The Morgan fingerprint density at radius 1 is 1.40 bits per heavy atom. The summed E-state index contributed by atoms with van der Waals surface area (Å²) in [4.78, 5) is 10.7. The molecule has 1 N–H and O–H groups in total. The fraction of sp³-hybridized carbons (Fsp3) is 0.462. The van der Waals surface area contributed by atoms with Crippen molar-refractivity contribution >= 4 is 16.0 Å². The summed E-state index contributed by atoms with van der Waals surface area (Å²) in [5.41, 5.74) is 0.631. The highest BCUT2D eigenvalue weighted by Gasteiger charge is 2.41. The molecular formula is C13H16FNO4S. The lowest BCUT2D eigenvalue weighted by atomic mass is 9.99. The smallest absolute Gasteiger partial charge is 0.308 e. The van der Waals surface area contributed by atoms with Gasteiger partial charge in [-0.3, -0.25) is 4.79 Å². The van der Waals surface area contributed by atoms with Crippen LogP contribution in [-0.2, 0) is 14.8 Å². The minimum absolute atomic E-state index is 0.0900. The topological polar surface area (TPSA) is 74.7 Å². The molecule has 0 unspecified atom stereocenters. The number of carbonyl (C=O) groups is 1. The second-order valence-electron chi connectivity index (χ2n) is 5.18. The third-order valence-corrected chi connectivity index (χ3v) is 5.45. The van der Waals surface area contributed by atoms with Crippen molar-refractivity contribution < 1.29 is 22.7 Å². The summed E-state index contributed by atoms with van der Waals surface area (Å²) in [6.07, 6.45) is 0. The molecule has 1 fully saturated rings. The molecule has 2 rings (SSSR count). The first-order chi connectivity index (χ1) is 9.23. The SMILES string of the molecule is Cc1ccc(F)c(S(=O)(=O)N2C[C@@H](C)[C@H](C(=O)O)C2)c1. The molecule has 0 aliphatic carbocycles. The average molecular weight is 301 g/mol. The summed E-state index contributed by atoms with van der Waals surface area (Å²) < 4.78 is 39.6. The Hall–Kier alpha value is -1.47. The fourth-order valence-electron chi connectivity index (χ4n) is 2.39. The molecule has 7 heteroatoms. The van der Waals surface area contributed by atoms with E-state index in [0.717, 1.165) is 10.4 Å². The number of nitrogens with zero attached hydrogens (tertiary/aromatic N) is 1. The summed E-state index contributed by atoms with van der Waals surface area (Å²) in [6.45, 7) is 3.32. The zero-order chi connectivity index (χ0) is 15.1. The van der Waals surface area contributed by atoms with Crippen molar-refractivity contribution in [2.24, 2.45) is 11.8 Å². The first-order valence-corrected chi connectivity index (χ1v) is 7.66. The molecule has 1 aliphatic heterocycles. The lowest BCUT2D eigenvalue weighted by Crippen LogP contribution is -2.30. The zero-order valence-electron chi connectivity index (χ0n) is 11.2. The third kappa shape index (κ3) is 2.55. The van der Waals surface area contributed by atoms with Crippen LogP contribution >= 0.6 is 0 Å². The van der Waals surface area contributed by atoms with Gasteiger partial charge in [-0.2, -0.15) is 4.31 Å². The summed E-state index contributed by atoms with van der Waals surface area (Å²) in [5.74, 6) is -2.89. The normalized spacial score (nSPS) is 23.9. The van der Waals surface area contributed by atoms with Crippen molar-refractivity contribution in [1.82, 2.24) is 4.31 Å². The van der Waals surface area contributed by atoms with E-state index in [1.165, 1.54) is 12.1 Å². The van der Waals surface area contributed by atoms with E-state index >= 15 is 0 Å². The van der Waals surface area contributed by atoms with Crippen molar-refractivity contribution in [3.05, 3.63) is 29.6 Å². The quantitative estimate of drug-likeness (QED) is 0.917. The molecule has 0 spiro atoms. The van der Waals surface area contributed by atoms with Crippen LogP contribution in [-0.4, -0.2) is 36.9 Å². The van der Waals surface area contributed by atoms with Gasteiger partial charge in [0.15, 0.2) is 0 Å². The molecule has 1 heterocycles. The van der Waals surface area contributed by atoms with E-state index in [0.29, 0.717) is 5.56 Å². The Kier molecular flexibility index (Phi) is 3.84. The standard InChI is InChI=1S/C13H16FNO4S/c1-8-3-4-11(14)12(5-8)20(18,19)15-6-9(2)10(7-15)13(16)17/h3-5,9-10H,6-7H2,1-2H3,(H,16,17)/t9-,10-/m1/s1. The molecule has 0 amide bonds. The van der Waals surface area contributed by atoms with Crippen molar-refractivity contribution in [1.29, 1.82) is 0 Å². The number of aliphatic carboxylic acids is 1. The predicted molar refractivity (Wildman–Crippen MR) is 70.2 cm³/mol. The van der Waals surface area contributed by atoms with Crippen molar-refractivity contribution in [3.63, 3.8) is 0 Å². The minimum atomic E-state index is -4.00. The molecule has 0 bridgehead atoms. The summed E-state index contributed by atoms with van der Waals surface area (Å²) in [5, 5.41) is 9.04. The number of benzene rings is 1. The van der Waals surface area contributed by atoms with Gasteiger partial charge in [0.25, 0.3) is 0 Å². The van der Waals surface area contributed by atoms with E-state index in [-0.39, 0.29) is 19.0 Å². The van der Waals surface area contributed by atoms with Gasteiger partial charge < -0.3 is 5.11 Å². The molecule has 1 aromatic carbocycles. The maximum Gasteiger partial charge on any atom is 0.308 e. The molecule has 1 saturated heterocycles. The van der Waals surface area contributed by atoms with Crippen LogP contribution in [0.4, 0.5) is 4.39 Å². The first-order valence-electron chi connectivity index (χ1n) is 6.22. The molecule has 110 valence electrons. The zero-order valence-corrected chi connectivity index (χ0v) is 12.0. The van der Waals surface area contributed by atoms with E-state index in [9.17, 15) is 17.6 Å².